The number of halogens is 1. The fraction of sp³-hybridized carbons (Fsp3) is 0.346. The number of carbonyl (C=O) groups excluding carboxylic acids is 2. The molecule has 2 aliphatic rings. The number of piperazine rings is 1. The van der Waals surface area contributed by atoms with Crippen molar-refractivity contribution in [3.8, 4) is 0 Å². The van der Waals surface area contributed by atoms with Crippen molar-refractivity contribution < 1.29 is 14.7 Å². The Bertz CT molecular complexity index is 1040. The normalized spacial score (nSPS) is 20.0. The highest BCUT2D eigenvalue weighted by Gasteiger charge is 2.27. The Morgan fingerprint density at radius 1 is 1.03 bits per heavy atom. The number of ketones is 1. The molecule has 1 saturated heterocycles. The molecule has 33 heavy (non-hydrogen) atoms. The van der Waals surface area contributed by atoms with Gasteiger partial charge in [-0.15, -0.1) is 0 Å². The second-order valence-electron chi connectivity index (χ2n) is 8.48. The maximum Gasteiger partial charge on any atom is 0.253 e. The average Bonchev–Trinajstić information content (AvgIpc) is 2.84. The van der Waals surface area contributed by atoms with Crippen molar-refractivity contribution in [1.29, 1.82) is 0 Å². The van der Waals surface area contributed by atoms with Crippen LogP contribution in [0.2, 0.25) is 5.02 Å². The van der Waals surface area contributed by atoms with Crippen LogP contribution >= 0.6 is 11.6 Å². The summed E-state index contributed by atoms with van der Waals surface area (Å²) in [5.74, 6) is 0.1000. The number of aliphatic hydroxyl groups is 1. The number of aliphatic hydroxyl groups excluding tert-OH is 1. The lowest BCUT2D eigenvalue weighted by Crippen LogP contribution is -2.49. The van der Waals surface area contributed by atoms with Gasteiger partial charge in [-0.25, -0.2) is 0 Å². The van der Waals surface area contributed by atoms with E-state index in [2.05, 4.69) is 9.89 Å². The van der Waals surface area contributed by atoms with Crippen LogP contribution < -0.4 is 0 Å². The van der Waals surface area contributed by atoms with Crippen molar-refractivity contribution in [2.75, 3.05) is 39.3 Å². The van der Waals surface area contributed by atoms with E-state index in [1.165, 1.54) is 6.21 Å². The molecule has 4 rings (SSSR count). The SMILES string of the molecule is O=C1CC(c2ccccc2)CC(O)=C1C=NCCN1CCN(C(=O)c2ccc(Cl)cc2)CC1. The summed E-state index contributed by atoms with van der Waals surface area (Å²) >= 11 is 5.90. The minimum atomic E-state index is -0.0642. The average molecular weight is 466 g/mol. The van der Waals surface area contributed by atoms with E-state index in [4.69, 9.17) is 11.6 Å². The van der Waals surface area contributed by atoms with E-state index in [9.17, 15) is 14.7 Å². The summed E-state index contributed by atoms with van der Waals surface area (Å²) in [5, 5.41) is 11.0. The number of hydrogen-bond acceptors (Lipinski definition) is 5. The number of rotatable bonds is 6. The molecular weight excluding hydrogens is 438 g/mol. The summed E-state index contributed by atoms with van der Waals surface area (Å²) < 4.78 is 0. The standard InChI is InChI=1S/C26H28ClN3O3/c27-22-8-6-20(7-9-22)26(33)30-14-12-29(13-15-30)11-10-28-18-23-24(31)16-21(17-25(23)32)19-4-2-1-3-5-19/h1-9,18,21,31H,10-17H2. The number of benzene rings is 2. The highest BCUT2D eigenvalue weighted by Crippen LogP contribution is 2.32. The third-order valence-corrected chi connectivity index (χ3v) is 6.52. The van der Waals surface area contributed by atoms with Gasteiger partial charge >= 0.3 is 0 Å². The second-order valence-corrected chi connectivity index (χ2v) is 8.91. The molecule has 0 aromatic heterocycles. The predicted octanol–water partition coefficient (Wildman–Crippen LogP) is 4.13. The van der Waals surface area contributed by atoms with Crippen LogP contribution in [0.4, 0.5) is 0 Å². The van der Waals surface area contributed by atoms with E-state index < -0.39 is 0 Å². The van der Waals surface area contributed by atoms with Gasteiger partial charge < -0.3 is 10.0 Å². The summed E-state index contributed by atoms with van der Waals surface area (Å²) in [6.07, 6.45) is 2.37. The molecule has 1 aliphatic carbocycles. The Labute approximate surface area is 199 Å². The number of carbonyl (C=O) groups is 2. The first kappa shape index (κ1) is 23.2. The highest BCUT2D eigenvalue weighted by molar-refractivity contribution is 6.30. The van der Waals surface area contributed by atoms with E-state index in [0.717, 1.165) is 25.2 Å². The van der Waals surface area contributed by atoms with Gasteiger partial charge in [0.05, 0.1) is 12.1 Å². The van der Waals surface area contributed by atoms with Gasteiger partial charge in [-0.3, -0.25) is 19.5 Å². The summed E-state index contributed by atoms with van der Waals surface area (Å²) in [7, 11) is 0. The first-order chi connectivity index (χ1) is 16.0. The zero-order valence-electron chi connectivity index (χ0n) is 18.5. The van der Waals surface area contributed by atoms with Gasteiger partial charge in [0.1, 0.15) is 5.76 Å². The first-order valence-corrected chi connectivity index (χ1v) is 11.7. The highest BCUT2D eigenvalue weighted by atomic mass is 35.5. The summed E-state index contributed by atoms with van der Waals surface area (Å²) in [6.45, 7) is 4.17. The number of hydrogen-bond donors (Lipinski definition) is 1. The zero-order valence-corrected chi connectivity index (χ0v) is 19.2. The number of aliphatic imine (C=N–C) groups is 1. The Kier molecular flexibility index (Phi) is 7.57. The monoisotopic (exact) mass is 465 g/mol. The van der Waals surface area contributed by atoms with Crippen LogP contribution in [0.1, 0.15) is 34.7 Å². The number of allylic oxidation sites excluding steroid dienone is 2. The maximum atomic E-state index is 12.6. The molecule has 1 amide bonds. The lowest BCUT2D eigenvalue weighted by atomic mass is 9.83. The molecule has 0 saturated carbocycles. The minimum absolute atomic E-state index is 0.0164. The minimum Gasteiger partial charge on any atom is -0.511 e. The molecule has 0 spiro atoms. The fourth-order valence-electron chi connectivity index (χ4n) is 4.32. The molecule has 1 atom stereocenters. The van der Waals surface area contributed by atoms with Gasteiger partial charge in [0.15, 0.2) is 5.78 Å². The lowest BCUT2D eigenvalue weighted by molar-refractivity contribution is -0.116. The molecule has 2 aromatic carbocycles. The maximum absolute atomic E-state index is 12.6. The smallest absolute Gasteiger partial charge is 0.253 e. The van der Waals surface area contributed by atoms with E-state index in [1.54, 1.807) is 24.3 Å². The quantitative estimate of drug-likeness (QED) is 0.651. The van der Waals surface area contributed by atoms with Gasteiger partial charge in [-0.1, -0.05) is 41.9 Å². The molecule has 1 N–H and O–H groups in total. The number of nitrogens with zero attached hydrogens (tertiary/aromatic N) is 3. The largest absolute Gasteiger partial charge is 0.511 e. The van der Waals surface area contributed by atoms with Crippen molar-refractivity contribution in [2.24, 2.45) is 4.99 Å². The summed E-state index contributed by atoms with van der Waals surface area (Å²) in [5.41, 5.74) is 2.06. The summed E-state index contributed by atoms with van der Waals surface area (Å²) in [4.78, 5) is 33.7. The molecule has 1 aliphatic heterocycles. The van der Waals surface area contributed by atoms with Crippen molar-refractivity contribution in [3.05, 3.63) is 82.1 Å². The van der Waals surface area contributed by atoms with Crippen molar-refractivity contribution >= 4 is 29.5 Å². The molecule has 1 heterocycles. The molecule has 1 fully saturated rings. The topological polar surface area (TPSA) is 73.2 Å². The molecule has 2 aromatic rings. The Morgan fingerprint density at radius 2 is 1.73 bits per heavy atom. The lowest BCUT2D eigenvalue weighted by Gasteiger charge is -2.34. The van der Waals surface area contributed by atoms with E-state index >= 15 is 0 Å². The van der Waals surface area contributed by atoms with Crippen LogP contribution in [0.3, 0.4) is 0 Å². The van der Waals surface area contributed by atoms with Crippen molar-refractivity contribution in [1.82, 2.24) is 9.80 Å². The van der Waals surface area contributed by atoms with Crippen molar-refractivity contribution in [2.45, 2.75) is 18.8 Å². The predicted molar refractivity (Wildman–Crippen MR) is 130 cm³/mol. The van der Waals surface area contributed by atoms with Crippen LogP contribution in [-0.4, -0.2) is 72.1 Å². The van der Waals surface area contributed by atoms with Crippen LogP contribution in [0.15, 0.2) is 70.9 Å². The fourth-order valence-corrected chi connectivity index (χ4v) is 4.45. The van der Waals surface area contributed by atoms with E-state index in [1.807, 2.05) is 35.2 Å². The van der Waals surface area contributed by atoms with Crippen LogP contribution in [-0.2, 0) is 4.79 Å². The molecule has 7 heteroatoms. The Balaban J connectivity index is 1.24. The van der Waals surface area contributed by atoms with Gasteiger partial charge in [0.25, 0.3) is 5.91 Å². The second kappa shape index (κ2) is 10.8. The Hall–Kier alpha value is -2.96. The Morgan fingerprint density at radius 3 is 2.39 bits per heavy atom. The van der Waals surface area contributed by atoms with Crippen molar-refractivity contribution in [3.63, 3.8) is 0 Å². The van der Waals surface area contributed by atoms with E-state index in [-0.39, 0.29) is 23.4 Å². The molecular formula is C26H28ClN3O3. The van der Waals surface area contributed by atoms with Gasteiger partial charge in [0.2, 0.25) is 0 Å². The van der Waals surface area contributed by atoms with Gasteiger partial charge in [0, 0.05) is 62.4 Å². The molecule has 0 bridgehead atoms. The van der Waals surface area contributed by atoms with E-state index in [0.29, 0.717) is 48.6 Å². The number of Topliss-reactive ketones (excluding diaryl/α,β-unsaturated/α-hetero) is 1. The number of amides is 1. The van der Waals surface area contributed by atoms with Crippen LogP contribution in [0.25, 0.3) is 0 Å². The van der Waals surface area contributed by atoms with Crippen LogP contribution in [0.5, 0.6) is 0 Å². The third-order valence-electron chi connectivity index (χ3n) is 6.27. The molecule has 1 unspecified atom stereocenters. The molecule has 6 nitrogen and oxygen atoms in total. The van der Waals surface area contributed by atoms with Gasteiger partial charge in [-0.05, 0) is 35.7 Å². The summed E-state index contributed by atoms with van der Waals surface area (Å²) in [6, 6.07) is 16.8. The van der Waals surface area contributed by atoms with Gasteiger partial charge in [-0.2, -0.15) is 0 Å². The first-order valence-electron chi connectivity index (χ1n) is 11.3. The third kappa shape index (κ3) is 5.89. The zero-order chi connectivity index (χ0) is 23.2. The van der Waals surface area contributed by atoms with Crippen LogP contribution in [0, 0.1) is 0 Å². The molecule has 172 valence electrons. The molecule has 0 radical (unpaired) electrons.